The quantitative estimate of drug-likeness (QED) is 0.702. The molecule has 1 N–H and O–H groups in total. The maximum atomic E-state index is 12.7. The van der Waals surface area contributed by atoms with Crippen LogP contribution in [0, 0.1) is 6.92 Å². The zero-order chi connectivity index (χ0) is 18.1. The SMILES string of the molecule is Cc1nc(-c2ccc(Cl)cc2)sc1C(=O)Nc1ccc2c(c1)OCCO2. The van der Waals surface area contributed by atoms with Crippen LogP contribution in [0.2, 0.25) is 5.02 Å². The smallest absolute Gasteiger partial charge is 0.267 e. The number of fused-ring (bicyclic) bond motifs is 1. The molecule has 2 aromatic carbocycles. The molecule has 132 valence electrons. The number of thiazole rings is 1. The molecule has 5 nitrogen and oxygen atoms in total. The second kappa shape index (κ2) is 6.97. The van der Waals surface area contributed by atoms with Crippen molar-refractivity contribution < 1.29 is 14.3 Å². The van der Waals surface area contributed by atoms with Gasteiger partial charge in [-0.3, -0.25) is 4.79 Å². The Morgan fingerprint density at radius 1 is 1.12 bits per heavy atom. The van der Waals surface area contributed by atoms with Crippen molar-refractivity contribution in [3.8, 4) is 22.1 Å². The van der Waals surface area contributed by atoms with Gasteiger partial charge in [-0.2, -0.15) is 0 Å². The number of aryl methyl sites for hydroxylation is 1. The summed E-state index contributed by atoms with van der Waals surface area (Å²) >= 11 is 7.28. The summed E-state index contributed by atoms with van der Waals surface area (Å²) in [5.41, 5.74) is 2.27. The highest BCUT2D eigenvalue weighted by atomic mass is 35.5. The van der Waals surface area contributed by atoms with Gasteiger partial charge in [0.25, 0.3) is 5.91 Å². The van der Waals surface area contributed by atoms with Crippen LogP contribution in [-0.4, -0.2) is 24.1 Å². The lowest BCUT2D eigenvalue weighted by molar-refractivity contribution is 0.102. The highest BCUT2D eigenvalue weighted by Gasteiger charge is 2.18. The number of anilines is 1. The first-order valence-electron chi connectivity index (χ1n) is 8.04. The molecule has 0 bridgehead atoms. The maximum Gasteiger partial charge on any atom is 0.267 e. The van der Waals surface area contributed by atoms with Crippen LogP contribution in [0.3, 0.4) is 0 Å². The first kappa shape index (κ1) is 16.9. The first-order valence-corrected chi connectivity index (χ1v) is 9.24. The lowest BCUT2D eigenvalue weighted by Gasteiger charge is -2.18. The zero-order valence-corrected chi connectivity index (χ0v) is 15.5. The second-order valence-corrected chi connectivity index (χ2v) is 7.19. The predicted octanol–water partition coefficient (Wildman–Crippen LogP) is 4.80. The van der Waals surface area contributed by atoms with Gasteiger partial charge < -0.3 is 14.8 Å². The molecule has 1 aromatic heterocycles. The maximum absolute atomic E-state index is 12.7. The van der Waals surface area contributed by atoms with E-state index in [9.17, 15) is 4.79 Å². The van der Waals surface area contributed by atoms with Crippen LogP contribution < -0.4 is 14.8 Å². The minimum Gasteiger partial charge on any atom is -0.486 e. The Morgan fingerprint density at radius 3 is 2.62 bits per heavy atom. The average molecular weight is 387 g/mol. The Bertz CT molecular complexity index is 969. The first-order chi connectivity index (χ1) is 12.6. The lowest BCUT2D eigenvalue weighted by atomic mass is 10.2. The van der Waals surface area contributed by atoms with Crippen LogP contribution in [0.1, 0.15) is 15.4 Å². The highest BCUT2D eigenvalue weighted by Crippen LogP contribution is 2.33. The molecule has 0 spiro atoms. The number of hydrogen-bond donors (Lipinski definition) is 1. The third kappa shape index (κ3) is 3.38. The molecule has 1 aliphatic heterocycles. The molecule has 0 saturated carbocycles. The summed E-state index contributed by atoms with van der Waals surface area (Å²) in [5.74, 6) is 1.13. The summed E-state index contributed by atoms with van der Waals surface area (Å²) in [6.45, 7) is 2.86. The molecule has 0 unspecified atom stereocenters. The Kier molecular flexibility index (Phi) is 4.53. The summed E-state index contributed by atoms with van der Waals surface area (Å²) in [7, 11) is 0. The molecule has 0 saturated heterocycles. The summed E-state index contributed by atoms with van der Waals surface area (Å²) in [5, 5.41) is 4.35. The fraction of sp³-hybridized carbons (Fsp3) is 0.158. The van der Waals surface area contributed by atoms with Crippen LogP contribution in [0.4, 0.5) is 5.69 Å². The van der Waals surface area contributed by atoms with Crippen molar-refractivity contribution in [3.63, 3.8) is 0 Å². The van der Waals surface area contributed by atoms with Gasteiger partial charge in [-0.15, -0.1) is 11.3 Å². The number of halogens is 1. The van der Waals surface area contributed by atoms with Crippen LogP contribution in [0.5, 0.6) is 11.5 Å². The van der Waals surface area contributed by atoms with E-state index in [1.165, 1.54) is 11.3 Å². The molecule has 26 heavy (non-hydrogen) atoms. The highest BCUT2D eigenvalue weighted by molar-refractivity contribution is 7.17. The van der Waals surface area contributed by atoms with Gasteiger partial charge in [0.15, 0.2) is 11.5 Å². The molecule has 0 aliphatic carbocycles. The number of rotatable bonds is 3. The number of hydrogen-bond acceptors (Lipinski definition) is 5. The van der Waals surface area contributed by atoms with Gasteiger partial charge >= 0.3 is 0 Å². The van der Waals surface area contributed by atoms with Crippen LogP contribution in [-0.2, 0) is 0 Å². The van der Waals surface area contributed by atoms with Gasteiger partial charge in [0.2, 0.25) is 0 Å². The van der Waals surface area contributed by atoms with Crippen molar-refractivity contribution in [1.82, 2.24) is 4.98 Å². The van der Waals surface area contributed by atoms with Crippen molar-refractivity contribution in [2.24, 2.45) is 0 Å². The van der Waals surface area contributed by atoms with Crippen LogP contribution in [0.15, 0.2) is 42.5 Å². The van der Waals surface area contributed by atoms with E-state index in [-0.39, 0.29) is 5.91 Å². The van der Waals surface area contributed by atoms with E-state index >= 15 is 0 Å². The average Bonchev–Trinajstić information content (AvgIpc) is 3.04. The Hall–Kier alpha value is -2.57. The number of benzene rings is 2. The van der Waals surface area contributed by atoms with E-state index in [0.717, 1.165) is 10.6 Å². The lowest BCUT2D eigenvalue weighted by Crippen LogP contribution is -2.16. The number of amides is 1. The second-order valence-electron chi connectivity index (χ2n) is 5.75. The Labute approximate surface area is 159 Å². The number of ether oxygens (including phenoxy) is 2. The molecule has 2 heterocycles. The molecule has 1 aliphatic rings. The number of nitrogens with zero attached hydrogens (tertiary/aromatic N) is 1. The Morgan fingerprint density at radius 2 is 1.85 bits per heavy atom. The van der Waals surface area contributed by atoms with Gasteiger partial charge in [-0.25, -0.2) is 4.98 Å². The van der Waals surface area contributed by atoms with Gasteiger partial charge in [0, 0.05) is 22.3 Å². The fourth-order valence-corrected chi connectivity index (χ4v) is 3.72. The van der Waals surface area contributed by atoms with E-state index in [1.54, 1.807) is 18.2 Å². The van der Waals surface area contributed by atoms with Crippen molar-refractivity contribution in [1.29, 1.82) is 0 Å². The molecule has 0 atom stereocenters. The van der Waals surface area contributed by atoms with E-state index < -0.39 is 0 Å². The van der Waals surface area contributed by atoms with Crippen LogP contribution in [0.25, 0.3) is 10.6 Å². The molecule has 0 radical (unpaired) electrons. The molecule has 4 rings (SSSR count). The molecule has 1 amide bonds. The molecule has 7 heteroatoms. The molecular formula is C19H15ClN2O3S. The molecule has 3 aromatic rings. The van der Waals surface area contributed by atoms with Gasteiger partial charge in [0.05, 0.1) is 5.69 Å². The normalized spacial score (nSPS) is 12.7. The third-order valence-electron chi connectivity index (χ3n) is 3.89. The fourth-order valence-electron chi connectivity index (χ4n) is 2.63. The largest absolute Gasteiger partial charge is 0.486 e. The third-order valence-corrected chi connectivity index (χ3v) is 5.35. The van der Waals surface area contributed by atoms with Gasteiger partial charge in [-0.05, 0) is 31.2 Å². The van der Waals surface area contributed by atoms with Crippen molar-refractivity contribution >= 4 is 34.5 Å². The number of nitrogens with one attached hydrogen (secondary N) is 1. The summed E-state index contributed by atoms with van der Waals surface area (Å²) in [6, 6.07) is 12.8. The number of carbonyl (C=O) groups excluding carboxylic acids is 1. The van der Waals surface area contributed by atoms with Gasteiger partial charge in [0.1, 0.15) is 23.1 Å². The zero-order valence-electron chi connectivity index (χ0n) is 13.9. The van der Waals surface area contributed by atoms with Crippen molar-refractivity contribution in [3.05, 3.63) is 58.1 Å². The Balaban J connectivity index is 1.56. The van der Waals surface area contributed by atoms with E-state index in [2.05, 4.69) is 10.3 Å². The summed E-state index contributed by atoms with van der Waals surface area (Å²) in [6.07, 6.45) is 0. The van der Waals surface area contributed by atoms with Crippen molar-refractivity contribution in [2.75, 3.05) is 18.5 Å². The van der Waals surface area contributed by atoms with E-state index in [1.807, 2.05) is 31.2 Å². The minimum atomic E-state index is -0.197. The predicted molar refractivity (Wildman–Crippen MR) is 103 cm³/mol. The topological polar surface area (TPSA) is 60.5 Å². The number of aromatic nitrogens is 1. The summed E-state index contributed by atoms with van der Waals surface area (Å²) < 4.78 is 11.0. The van der Waals surface area contributed by atoms with Crippen LogP contribution >= 0.6 is 22.9 Å². The monoisotopic (exact) mass is 386 g/mol. The van der Waals surface area contributed by atoms with E-state index in [4.69, 9.17) is 21.1 Å². The van der Waals surface area contributed by atoms with E-state index in [0.29, 0.717) is 46.0 Å². The van der Waals surface area contributed by atoms with Gasteiger partial charge in [-0.1, -0.05) is 23.7 Å². The minimum absolute atomic E-state index is 0.197. The summed E-state index contributed by atoms with van der Waals surface area (Å²) in [4.78, 5) is 17.8. The number of carbonyl (C=O) groups is 1. The molecular weight excluding hydrogens is 372 g/mol. The standard InChI is InChI=1S/C19H15ClN2O3S/c1-11-17(26-19(21-11)12-2-4-13(20)5-3-12)18(23)22-14-6-7-15-16(10-14)25-9-8-24-15/h2-7,10H,8-9H2,1H3,(H,22,23). The molecule has 0 fully saturated rings. The van der Waals surface area contributed by atoms with Crippen molar-refractivity contribution in [2.45, 2.75) is 6.92 Å².